The summed E-state index contributed by atoms with van der Waals surface area (Å²) < 4.78 is 0. The van der Waals surface area contributed by atoms with Gasteiger partial charge in [-0.1, -0.05) is 24.3 Å². The van der Waals surface area contributed by atoms with Gasteiger partial charge in [-0.25, -0.2) is 0 Å². The van der Waals surface area contributed by atoms with Crippen LogP contribution in [0.2, 0.25) is 0 Å². The van der Waals surface area contributed by atoms with E-state index in [1.54, 1.807) is 0 Å². The molecule has 2 aromatic rings. The van der Waals surface area contributed by atoms with Gasteiger partial charge in [-0.2, -0.15) is 0 Å². The van der Waals surface area contributed by atoms with Gasteiger partial charge in [-0.15, -0.1) is 0 Å². The van der Waals surface area contributed by atoms with E-state index in [4.69, 9.17) is 16.9 Å². The number of nitrogen functional groups attached to an aromatic ring is 2. The van der Waals surface area contributed by atoms with Crippen LogP contribution in [0.3, 0.4) is 0 Å². The molecule has 0 saturated carbocycles. The molecule has 0 aromatic heterocycles. The Bertz CT molecular complexity index is 835. The van der Waals surface area contributed by atoms with Crippen molar-refractivity contribution in [1.29, 1.82) is 0 Å². The number of nitrogens with two attached hydrogens (primary N) is 3. The maximum atomic E-state index is 6.11. The van der Waals surface area contributed by atoms with Gasteiger partial charge in [0, 0.05) is 23.5 Å². The number of hydrogen-bond acceptors (Lipinski definition) is 2. The summed E-state index contributed by atoms with van der Waals surface area (Å²) in [7, 11) is 0. The maximum Gasteiger partial charge on any atom is 0.196 e. The summed E-state index contributed by atoms with van der Waals surface area (Å²) in [4.78, 5) is 0. The SMILES string of the molecule is Cc1ccc(C(=C2C=CC(=[NH2+])C=C2)c2ccc(N)cc2)cc1N. The summed E-state index contributed by atoms with van der Waals surface area (Å²) in [6.45, 7) is 2.01. The van der Waals surface area contributed by atoms with Gasteiger partial charge < -0.3 is 11.5 Å². The van der Waals surface area contributed by atoms with Crippen molar-refractivity contribution in [1.82, 2.24) is 0 Å². The minimum atomic E-state index is 0.744. The molecule has 0 aliphatic heterocycles. The Morgan fingerprint density at radius 1 is 0.826 bits per heavy atom. The number of benzene rings is 2. The predicted molar refractivity (Wildman–Crippen MR) is 97.7 cm³/mol. The molecule has 1 aliphatic carbocycles. The minimum Gasteiger partial charge on any atom is -0.399 e. The first kappa shape index (κ1) is 14.9. The van der Waals surface area contributed by atoms with Crippen molar-refractivity contribution in [2.24, 2.45) is 0 Å². The van der Waals surface area contributed by atoms with Gasteiger partial charge in [0.2, 0.25) is 0 Å². The van der Waals surface area contributed by atoms with Crippen LogP contribution in [-0.4, -0.2) is 5.71 Å². The Balaban J connectivity index is 2.22. The maximum absolute atomic E-state index is 6.11. The van der Waals surface area contributed by atoms with E-state index >= 15 is 0 Å². The molecule has 0 bridgehead atoms. The highest BCUT2D eigenvalue weighted by molar-refractivity contribution is 6.03. The topological polar surface area (TPSA) is 77.6 Å². The molecule has 3 heteroatoms. The molecule has 3 nitrogen and oxygen atoms in total. The predicted octanol–water partition coefficient (Wildman–Crippen LogP) is 2.29. The van der Waals surface area contributed by atoms with Crippen LogP contribution in [0.4, 0.5) is 11.4 Å². The second kappa shape index (κ2) is 5.97. The Morgan fingerprint density at radius 2 is 1.43 bits per heavy atom. The van der Waals surface area contributed by atoms with Crippen LogP contribution in [-0.2, 0) is 0 Å². The molecule has 3 rings (SSSR count). The van der Waals surface area contributed by atoms with Crippen LogP contribution in [0, 0.1) is 6.92 Å². The lowest BCUT2D eigenvalue weighted by Crippen LogP contribution is -2.37. The molecule has 0 fully saturated rings. The first-order chi connectivity index (χ1) is 11.0. The molecule has 0 unspecified atom stereocenters. The van der Waals surface area contributed by atoms with Crippen molar-refractivity contribution < 1.29 is 5.41 Å². The molecule has 0 amide bonds. The molecular weight excluding hydrogens is 282 g/mol. The molecule has 0 heterocycles. The number of allylic oxidation sites excluding steroid dienone is 5. The van der Waals surface area contributed by atoms with E-state index in [1.165, 1.54) is 0 Å². The van der Waals surface area contributed by atoms with Gasteiger partial charge in [0.1, 0.15) is 0 Å². The smallest absolute Gasteiger partial charge is 0.196 e. The molecule has 1 aliphatic rings. The highest BCUT2D eigenvalue weighted by atomic mass is 14.6. The molecule has 0 saturated heterocycles. The van der Waals surface area contributed by atoms with Gasteiger partial charge in [-0.05, 0) is 65.1 Å². The Hall–Kier alpha value is -3.07. The monoisotopic (exact) mass is 302 g/mol. The fraction of sp³-hybridized carbons (Fsp3) is 0.0500. The summed E-state index contributed by atoms with van der Waals surface area (Å²) in [6.07, 6.45) is 7.86. The average Bonchev–Trinajstić information content (AvgIpc) is 2.55. The molecular formula is C20H20N3+. The summed E-state index contributed by atoms with van der Waals surface area (Å²) in [5, 5.41) is 5.82. The van der Waals surface area contributed by atoms with Crippen molar-refractivity contribution in [3.63, 3.8) is 0 Å². The van der Waals surface area contributed by atoms with Crippen molar-refractivity contribution >= 4 is 22.7 Å². The lowest BCUT2D eigenvalue weighted by atomic mass is 9.90. The number of rotatable bonds is 2. The molecule has 6 N–H and O–H groups in total. The summed E-state index contributed by atoms with van der Waals surface area (Å²) in [5.74, 6) is 0. The van der Waals surface area contributed by atoms with Crippen LogP contribution in [0.15, 0.2) is 72.3 Å². The van der Waals surface area contributed by atoms with Crippen LogP contribution >= 0.6 is 0 Å². The van der Waals surface area contributed by atoms with E-state index < -0.39 is 0 Å². The average molecular weight is 302 g/mol. The lowest BCUT2D eigenvalue weighted by Gasteiger charge is -2.15. The van der Waals surface area contributed by atoms with Crippen molar-refractivity contribution in [3.05, 3.63) is 89.0 Å². The van der Waals surface area contributed by atoms with E-state index in [2.05, 4.69) is 6.07 Å². The standard InChI is InChI=1S/C20H19N3/c1-13-2-3-16(12-19(13)23)20(14-4-8-17(21)9-5-14)15-6-10-18(22)11-7-15/h2-12,21H,22-23H2,1H3/p+1. The third-order valence-corrected chi connectivity index (χ3v) is 3.97. The van der Waals surface area contributed by atoms with Gasteiger partial charge in [-0.3, -0.25) is 5.41 Å². The summed E-state index contributed by atoms with van der Waals surface area (Å²) in [5.41, 5.74) is 19.6. The van der Waals surface area contributed by atoms with Crippen LogP contribution in [0.5, 0.6) is 0 Å². The quantitative estimate of drug-likeness (QED) is 0.744. The van der Waals surface area contributed by atoms with E-state index in [0.29, 0.717) is 0 Å². The Morgan fingerprint density at radius 3 is 2.04 bits per heavy atom. The third-order valence-electron chi connectivity index (χ3n) is 3.97. The van der Waals surface area contributed by atoms with Crippen molar-refractivity contribution in [2.75, 3.05) is 11.5 Å². The van der Waals surface area contributed by atoms with Crippen LogP contribution in [0.1, 0.15) is 16.7 Å². The Kier molecular flexibility index (Phi) is 3.85. The van der Waals surface area contributed by atoms with Gasteiger partial charge in [0.15, 0.2) is 5.71 Å². The largest absolute Gasteiger partial charge is 0.399 e. The van der Waals surface area contributed by atoms with E-state index in [1.807, 2.05) is 67.6 Å². The summed E-state index contributed by atoms with van der Waals surface area (Å²) >= 11 is 0. The number of aryl methyl sites for hydroxylation is 1. The first-order valence-electron chi connectivity index (χ1n) is 7.50. The molecule has 0 atom stereocenters. The fourth-order valence-corrected chi connectivity index (χ4v) is 2.60. The number of hydrogen-bond donors (Lipinski definition) is 3. The van der Waals surface area contributed by atoms with Gasteiger partial charge in [0.25, 0.3) is 0 Å². The van der Waals surface area contributed by atoms with Crippen molar-refractivity contribution in [3.8, 4) is 0 Å². The van der Waals surface area contributed by atoms with Crippen LogP contribution < -0.4 is 16.9 Å². The lowest BCUT2D eigenvalue weighted by molar-refractivity contribution is -0.110. The Labute approximate surface area is 136 Å². The molecule has 114 valence electrons. The third kappa shape index (κ3) is 3.09. The highest BCUT2D eigenvalue weighted by Crippen LogP contribution is 2.31. The van der Waals surface area contributed by atoms with Gasteiger partial charge in [0.05, 0.1) is 0 Å². The zero-order chi connectivity index (χ0) is 16.4. The second-order valence-corrected chi connectivity index (χ2v) is 5.69. The number of anilines is 2. The normalized spacial score (nSPS) is 13.4. The minimum absolute atomic E-state index is 0.744. The second-order valence-electron chi connectivity index (χ2n) is 5.69. The van der Waals surface area contributed by atoms with E-state index in [9.17, 15) is 0 Å². The first-order valence-corrected chi connectivity index (χ1v) is 7.50. The van der Waals surface area contributed by atoms with Gasteiger partial charge >= 0.3 is 0 Å². The summed E-state index contributed by atoms with van der Waals surface area (Å²) in [6, 6.07) is 14.0. The van der Waals surface area contributed by atoms with E-state index in [-0.39, 0.29) is 0 Å². The molecule has 0 spiro atoms. The zero-order valence-electron chi connectivity index (χ0n) is 13.1. The van der Waals surface area contributed by atoms with E-state index in [0.717, 1.165) is 44.9 Å². The molecule has 0 radical (unpaired) electrons. The fourth-order valence-electron chi connectivity index (χ4n) is 2.60. The molecule has 23 heavy (non-hydrogen) atoms. The van der Waals surface area contributed by atoms with Crippen molar-refractivity contribution in [2.45, 2.75) is 6.92 Å². The zero-order valence-corrected chi connectivity index (χ0v) is 13.1. The highest BCUT2D eigenvalue weighted by Gasteiger charge is 2.12. The van der Waals surface area contributed by atoms with Crippen LogP contribution in [0.25, 0.3) is 5.57 Å². The molecule has 2 aromatic carbocycles.